The van der Waals surface area contributed by atoms with Crippen LogP contribution in [0.2, 0.25) is 0 Å². The summed E-state index contributed by atoms with van der Waals surface area (Å²) in [6, 6.07) is 10.5. The Kier molecular flexibility index (Phi) is 3.59. The van der Waals surface area contributed by atoms with Gasteiger partial charge < -0.3 is 10.3 Å². The zero-order chi connectivity index (χ0) is 14.7. The predicted octanol–water partition coefficient (Wildman–Crippen LogP) is 2.64. The maximum absolute atomic E-state index is 12.8. The number of aryl methyl sites for hydroxylation is 2. The smallest absolute Gasteiger partial charge is 0.227 e. The van der Waals surface area contributed by atoms with Gasteiger partial charge in [0.15, 0.2) is 0 Å². The summed E-state index contributed by atoms with van der Waals surface area (Å²) >= 11 is 0. The fourth-order valence-corrected chi connectivity index (χ4v) is 1.90. The summed E-state index contributed by atoms with van der Waals surface area (Å²) in [4.78, 5) is 8.17. The second-order valence-electron chi connectivity index (χ2n) is 4.61. The molecule has 106 valence electrons. The molecule has 0 bridgehead atoms. The van der Waals surface area contributed by atoms with Crippen LogP contribution in [0, 0.1) is 5.82 Å². The van der Waals surface area contributed by atoms with Gasteiger partial charge in [-0.1, -0.05) is 17.3 Å². The first-order valence-electron chi connectivity index (χ1n) is 6.49. The molecular formula is C15H13FN4O. The van der Waals surface area contributed by atoms with Gasteiger partial charge in [-0.15, -0.1) is 0 Å². The summed E-state index contributed by atoms with van der Waals surface area (Å²) in [5.74, 6) is 0.487. The van der Waals surface area contributed by atoms with Crippen LogP contribution in [0.3, 0.4) is 0 Å². The lowest BCUT2D eigenvalue weighted by atomic mass is 10.1. The molecule has 0 radical (unpaired) electrons. The van der Waals surface area contributed by atoms with E-state index in [1.807, 2.05) is 24.3 Å². The van der Waals surface area contributed by atoms with Crippen LogP contribution < -0.4 is 5.73 Å². The Morgan fingerprint density at radius 3 is 2.57 bits per heavy atom. The number of rotatable bonds is 4. The van der Waals surface area contributed by atoms with Crippen molar-refractivity contribution in [3.05, 3.63) is 59.9 Å². The van der Waals surface area contributed by atoms with Gasteiger partial charge in [-0.05, 0) is 36.2 Å². The van der Waals surface area contributed by atoms with Crippen molar-refractivity contribution >= 4 is 5.69 Å². The third-order valence-electron chi connectivity index (χ3n) is 3.03. The number of benzene rings is 1. The van der Waals surface area contributed by atoms with E-state index in [4.69, 9.17) is 10.3 Å². The van der Waals surface area contributed by atoms with Crippen molar-refractivity contribution in [3.63, 3.8) is 0 Å². The van der Waals surface area contributed by atoms with E-state index in [-0.39, 0.29) is 0 Å². The van der Waals surface area contributed by atoms with Crippen LogP contribution in [0.1, 0.15) is 11.5 Å². The van der Waals surface area contributed by atoms with Crippen molar-refractivity contribution in [2.24, 2.45) is 0 Å². The number of halogens is 1. The molecule has 6 heteroatoms. The highest BCUT2D eigenvalue weighted by Crippen LogP contribution is 2.14. The van der Waals surface area contributed by atoms with Crippen LogP contribution in [0.5, 0.6) is 0 Å². The zero-order valence-corrected chi connectivity index (χ0v) is 11.2. The molecule has 0 fully saturated rings. The molecule has 5 nitrogen and oxygen atoms in total. The summed E-state index contributed by atoms with van der Waals surface area (Å²) in [7, 11) is 0. The van der Waals surface area contributed by atoms with Gasteiger partial charge in [0.2, 0.25) is 11.7 Å². The van der Waals surface area contributed by atoms with Crippen molar-refractivity contribution in [2.75, 3.05) is 5.73 Å². The Balaban J connectivity index is 1.67. The summed E-state index contributed by atoms with van der Waals surface area (Å²) < 4.78 is 18.0. The van der Waals surface area contributed by atoms with E-state index in [2.05, 4.69) is 15.1 Å². The van der Waals surface area contributed by atoms with Gasteiger partial charge in [-0.3, -0.25) is 0 Å². The second kappa shape index (κ2) is 5.70. The van der Waals surface area contributed by atoms with Gasteiger partial charge in [0.1, 0.15) is 11.5 Å². The Morgan fingerprint density at radius 2 is 1.86 bits per heavy atom. The zero-order valence-electron chi connectivity index (χ0n) is 11.2. The first-order chi connectivity index (χ1) is 10.2. The second-order valence-corrected chi connectivity index (χ2v) is 4.61. The molecule has 2 N–H and O–H groups in total. The molecule has 0 amide bonds. The normalized spacial score (nSPS) is 10.7. The topological polar surface area (TPSA) is 77.8 Å². The van der Waals surface area contributed by atoms with Crippen LogP contribution in [0.15, 0.2) is 47.1 Å². The molecule has 2 aromatic heterocycles. The van der Waals surface area contributed by atoms with E-state index in [1.165, 1.54) is 12.1 Å². The number of aromatic nitrogens is 3. The van der Waals surface area contributed by atoms with Crippen molar-refractivity contribution in [1.82, 2.24) is 15.1 Å². The molecule has 21 heavy (non-hydrogen) atoms. The molecule has 0 aliphatic carbocycles. The standard InChI is InChI=1S/C15H13FN4O/c16-11-4-7-13(18-9-11)15-19-14(21-20-15)8-3-10-1-5-12(17)6-2-10/h1-2,4-7,9H,3,8,17H2. The minimum absolute atomic E-state index is 0.363. The van der Waals surface area contributed by atoms with E-state index in [0.29, 0.717) is 23.8 Å². The average Bonchev–Trinajstić information content (AvgIpc) is 2.96. The van der Waals surface area contributed by atoms with Crippen LogP contribution >= 0.6 is 0 Å². The molecule has 0 saturated heterocycles. The van der Waals surface area contributed by atoms with Crippen molar-refractivity contribution in [2.45, 2.75) is 12.8 Å². The summed E-state index contributed by atoms with van der Waals surface area (Å²) in [6.07, 6.45) is 2.52. The van der Waals surface area contributed by atoms with Crippen LogP contribution in [0.4, 0.5) is 10.1 Å². The number of nitrogen functional groups attached to an aromatic ring is 1. The molecular weight excluding hydrogens is 271 g/mol. The number of pyridine rings is 1. The molecule has 0 aliphatic rings. The summed E-state index contributed by atoms with van der Waals surface area (Å²) in [6.45, 7) is 0. The van der Waals surface area contributed by atoms with Gasteiger partial charge in [0.05, 0.1) is 6.20 Å². The number of hydrogen-bond acceptors (Lipinski definition) is 5. The summed E-state index contributed by atoms with van der Waals surface area (Å²) in [5.41, 5.74) is 8.00. The summed E-state index contributed by atoms with van der Waals surface area (Å²) in [5, 5.41) is 3.85. The highest BCUT2D eigenvalue weighted by atomic mass is 19.1. The molecule has 0 atom stereocenters. The largest absolute Gasteiger partial charge is 0.399 e. The number of nitrogens with zero attached hydrogens (tertiary/aromatic N) is 3. The van der Waals surface area contributed by atoms with Crippen molar-refractivity contribution in [1.29, 1.82) is 0 Å². The maximum Gasteiger partial charge on any atom is 0.227 e. The third-order valence-corrected chi connectivity index (χ3v) is 3.03. The maximum atomic E-state index is 12.8. The van der Waals surface area contributed by atoms with E-state index < -0.39 is 5.82 Å². The van der Waals surface area contributed by atoms with Crippen LogP contribution in [-0.4, -0.2) is 15.1 Å². The fraction of sp³-hybridized carbons (Fsp3) is 0.133. The fourth-order valence-electron chi connectivity index (χ4n) is 1.90. The van der Waals surface area contributed by atoms with Gasteiger partial charge >= 0.3 is 0 Å². The molecule has 0 spiro atoms. The van der Waals surface area contributed by atoms with Crippen LogP contribution in [-0.2, 0) is 12.8 Å². The Bertz CT molecular complexity index is 722. The van der Waals surface area contributed by atoms with Gasteiger partial charge in [-0.25, -0.2) is 9.37 Å². The van der Waals surface area contributed by atoms with Gasteiger partial charge in [0, 0.05) is 12.1 Å². The lowest BCUT2D eigenvalue weighted by Gasteiger charge is -1.98. The Morgan fingerprint density at radius 1 is 1.05 bits per heavy atom. The molecule has 0 saturated carbocycles. The van der Waals surface area contributed by atoms with Gasteiger partial charge in [0.25, 0.3) is 0 Å². The highest BCUT2D eigenvalue weighted by Gasteiger charge is 2.10. The first kappa shape index (κ1) is 13.2. The van der Waals surface area contributed by atoms with E-state index in [0.717, 1.165) is 23.9 Å². The van der Waals surface area contributed by atoms with E-state index in [1.54, 1.807) is 0 Å². The number of nitrogens with two attached hydrogens (primary N) is 1. The molecule has 0 aliphatic heterocycles. The highest BCUT2D eigenvalue weighted by molar-refractivity contribution is 5.47. The Labute approximate surface area is 120 Å². The van der Waals surface area contributed by atoms with E-state index >= 15 is 0 Å². The minimum atomic E-state index is -0.397. The Hall–Kier alpha value is -2.76. The monoisotopic (exact) mass is 284 g/mol. The molecule has 3 rings (SSSR count). The lowest BCUT2D eigenvalue weighted by molar-refractivity contribution is 0.378. The van der Waals surface area contributed by atoms with E-state index in [9.17, 15) is 4.39 Å². The SMILES string of the molecule is Nc1ccc(CCc2nc(-c3ccc(F)cn3)no2)cc1. The first-order valence-corrected chi connectivity index (χ1v) is 6.49. The van der Waals surface area contributed by atoms with Crippen molar-refractivity contribution < 1.29 is 8.91 Å². The molecule has 0 unspecified atom stereocenters. The third kappa shape index (κ3) is 3.22. The lowest BCUT2D eigenvalue weighted by Crippen LogP contribution is -1.93. The number of hydrogen-bond donors (Lipinski definition) is 1. The van der Waals surface area contributed by atoms with Gasteiger partial charge in [-0.2, -0.15) is 4.98 Å². The van der Waals surface area contributed by atoms with Crippen molar-refractivity contribution in [3.8, 4) is 11.5 Å². The molecule has 2 heterocycles. The molecule has 3 aromatic rings. The quantitative estimate of drug-likeness (QED) is 0.745. The number of anilines is 1. The molecule has 1 aromatic carbocycles. The minimum Gasteiger partial charge on any atom is -0.399 e. The average molecular weight is 284 g/mol. The van der Waals surface area contributed by atoms with Crippen LogP contribution in [0.25, 0.3) is 11.5 Å². The predicted molar refractivity (Wildman–Crippen MR) is 75.7 cm³/mol.